The van der Waals surface area contributed by atoms with Gasteiger partial charge in [-0.15, -0.1) is 11.6 Å². The zero-order valence-corrected chi connectivity index (χ0v) is 10.1. The zero-order valence-electron chi connectivity index (χ0n) is 9.35. The average molecular weight is 240 g/mol. The van der Waals surface area contributed by atoms with E-state index in [9.17, 15) is 4.79 Å². The van der Waals surface area contributed by atoms with Crippen molar-refractivity contribution < 1.29 is 4.79 Å². The zero-order chi connectivity index (χ0) is 11.7. The molecule has 1 aromatic rings. The summed E-state index contributed by atoms with van der Waals surface area (Å²) < 4.78 is 0. The molecule has 86 valence electrons. The van der Waals surface area contributed by atoms with Crippen LogP contribution in [0, 0.1) is 0 Å². The summed E-state index contributed by atoms with van der Waals surface area (Å²) in [5.41, 5.74) is 0.834. The molecule has 1 unspecified atom stereocenters. The number of alkyl halides is 1. The van der Waals surface area contributed by atoms with Crippen molar-refractivity contribution >= 4 is 29.0 Å². The Balaban J connectivity index is 2.36. The maximum Gasteiger partial charge on any atom is 0.228 e. The molecule has 2 heterocycles. The monoisotopic (exact) mass is 239 g/mol. The van der Waals surface area contributed by atoms with Gasteiger partial charge in [0.25, 0.3) is 0 Å². The molecule has 1 fully saturated rings. The van der Waals surface area contributed by atoms with E-state index in [1.165, 1.54) is 0 Å². The van der Waals surface area contributed by atoms with E-state index in [0.29, 0.717) is 13.0 Å². The van der Waals surface area contributed by atoms with Gasteiger partial charge in [0.1, 0.15) is 0 Å². The number of aromatic nitrogens is 1. The molecule has 2 rings (SSSR count). The lowest BCUT2D eigenvalue weighted by Gasteiger charge is -2.22. The number of rotatable bonds is 2. The standard InChI is InChI=1S/C11H14ClN3O/c1-14(2)11-9(4-3-5-13-11)15-7-8(12)6-10(15)16/h3-5,8H,6-7H2,1-2H3. The first-order chi connectivity index (χ1) is 7.59. The second-order valence-electron chi connectivity index (χ2n) is 4.05. The first-order valence-electron chi connectivity index (χ1n) is 5.16. The van der Waals surface area contributed by atoms with Crippen LogP contribution in [0.25, 0.3) is 0 Å². The van der Waals surface area contributed by atoms with Crippen molar-refractivity contribution in [3.05, 3.63) is 18.3 Å². The summed E-state index contributed by atoms with van der Waals surface area (Å²) in [5, 5.41) is -0.0947. The molecule has 0 bridgehead atoms. The van der Waals surface area contributed by atoms with E-state index >= 15 is 0 Å². The maximum absolute atomic E-state index is 11.8. The summed E-state index contributed by atoms with van der Waals surface area (Å²) in [6.45, 7) is 0.562. The number of pyridine rings is 1. The van der Waals surface area contributed by atoms with E-state index in [1.54, 1.807) is 11.1 Å². The minimum absolute atomic E-state index is 0.0658. The van der Waals surface area contributed by atoms with Crippen LogP contribution < -0.4 is 9.80 Å². The number of carbonyl (C=O) groups excluding carboxylic acids is 1. The van der Waals surface area contributed by atoms with E-state index in [0.717, 1.165) is 11.5 Å². The van der Waals surface area contributed by atoms with Crippen LogP contribution in [-0.4, -0.2) is 36.9 Å². The number of anilines is 2. The number of hydrogen-bond acceptors (Lipinski definition) is 3. The number of amides is 1. The molecule has 0 radical (unpaired) electrons. The van der Waals surface area contributed by atoms with Crippen LogP contribution >= 0.6 is 11.6 Å². The van der Waals surface area contributed by atoms with Crippen molar-refractivity contribution in [1.82, 2.24) is 4.98 Å². The Morgan fingerprint density at radius 2 is 2.31 bits per heavy atom. The highest BCUT2D eigenvalue weighted by Gasteiger charge is 2.30. The second kappa shape index (κ2) is 4.29. The third-order valence-electron chi connectivity index (χ3n) is 2.56. The molecule has 0 saturated carbocycles. The fourth-order valence-corrected chi connectivity index (χ4v) is 2.11. The molecule has 1 amide bonds. The maximum atomic E-state index is 11.8. The van der Waals surface area contributed by atoms with Crippen LogP contribution in [-0.2, 0) is 4.79 Å². The predicted octanol–water partition coefficient (Wildman–Crippen LogP) is 1.49. The minimum Gasteiger partial charge on any atom is -0.361 e. The molecule has 0 N–H and O–H groups in total. The van der Waals surface area contributed by atoms with Crippen LogP contribution in [0.3, 0.4) is 0 Å². The Kier molecular flexibility index (Phi) is 3.01. The van der Waals surface area contributed by atoms with Crippen LogP contribution in [0.2, 0.25) is 0 Å². The van der Waals surface area contributed by atoms with Crippen LogP contribution in [0.15, 0.2) is 18.3 Å². The molecule has 1 aliphatic heterocycles. The van der Waals surface area contributed by atoms with E-state index < -0.39 is 0 Å². The molecule has 1 aliphatic rings. The first-order valence-corrected chi connectivity index (χ1v) is 5.60. The summed E-state index contributed by atoms with van der Waals surface area (Å²) >= 11 is 5.99. The molecule has 1 aromatic heterocycles. The fraction of sp³-hybridized carbons (Fsp3) is 0.455. The highest BCUT2D eigenvalue weighted by molar-refractivity contribution is 6.24. The summed E-state index contributed by atoms with van der Waals surface area (Å²) in [5.74, 6) is 0.859. The SMILES string of the molecule is CN(C)c1ncccc1N1CC(Cl)CC1=O. The van der Waals surface area contributed by atoms with Crippen molar-refractivity contribution in [2.75, 3.05) is 30.4 Å². The molecule has 0 aliphatic carbocycles. The Morgan fingerprint density at radius 3 is 2.88 bits per heavy atom. The van der Waals surface area contributed by atoms with Crippen LogP contribution in [0.1, 0.15) is 6.42 Å². The molecule has 0 aromatic carbocycles. The number of hydrogen-bond donors (Lipinski definition) is 0. The van der Waals surface area contributed by atoms with Gasteiger partial charge in [-0.1, -0.05) is 0 Å². The molecule has 1 atom stereocenters. The van der Waals surface area contributed by atoms with Gasteiger partial charge in [0, 0.05) is 33.3 Å². The predicted molar refractivity (Wildman–Crippen MR) is 65.2 cm³/mol. The molecule has 5 heteroatoms. The van der Waals surface area contributed by atoms with Gasteiger partial charge in [0.05, 0.1) is 11.1 Å². The summed E-state index contributed by atoms with van der Waals surface area (Å²) in [6, 6.07) is 3.73. The van der Waals surface area contributed by atoms with Crippen molar-refractivity contribution in [3.8, 4) is 0 Å². The van der Waals surface area contributed by atoms with Crippen molar-refractivity contribution in [2.24, 2.45) is 0 Å². The van der Waals surface area contributed by atoms with Gasteiger partial charge < -0.3 is 9.80 Å². The lowest BCUT2D eigenvalue weighted by molar-refractivity contribution is -0.117. The van der Waals surface area contributed by atoms with Crippen molar-refractivity contribution in [2.45, 2.75) is 11.8 Å². The number of halogens is 1. The van der Waals surface area contributed by atoms with Gasteiger partial charge in [-0.2, -0.15) is 0 Å². The van der Waals surface area contributed by atoms with Crippen molar-refractivity contribution in [1.29, 1.82) is 0 Å². The van der Waals surface area contributed by atoms with Gasteiger partial charge in [-0.3, -0.25) is 4.79 Å². The van der Waals surface area contributed by atoms with Gasteiger partial charge in [-0.05, 0) is 12.1 Å². The summed E-state index contributed by atoms with van der Waals surface area (Å²) in [4.78, 5) is 19.6. The van der Waals surface area contributed by atoms with Gasteiger partial charge in [0.15, 0.2) is 5.82 Å². The van der Waals surface area contributed by atoms with Gasteiger partial charge >= 0.3 is 0 Å². The Hall–Kier alpha value is -1.29. The molecular weight excluding hydrogens is 226 g/mol. The highest BCUT2D eigenvalue weighted by Crippen LogP contribution is 2.30. The normalized spacial score (nSPS) is 20.3. The smallest absolute Gasteiger partial charge is 0.228 e. The van der Waals surface area contributed by atoms with E-state index in [1.807, 2.05) is 31.1 Å². The summed E-state index contributed by atoms with van der Waals surface area (Å²) in [6.07, 6.45) is 2.13. The lowest BCUT2D eigenvalue weighted by atomic mass is 10.3. The van der Waals surface area contributed by atoms with Crippen molar-refractivity contribution in [3.63, 3.8) is 0 Å². The van der Waals surface area contributed by atoms with Crippen LogP contribution in [0.5, 0.6) is 0 Å². The Labute approximate surface area is 99.8 Å². The second-order valence-corrected chi connectivity index (χ2v) is 4.66. The Morgan fingerprint density at radius 1 is 1.56 bits per heavy atom. The number of nitrogens with zero attached hydrogens (tertiary/aromatic N) is 3. The van der Waals surface area contributed by atoms with Gasteiger partial charge in [0.2, 0.25) is 5.91 Å². The molecule has 16 heavy (non-hydrogen) atoms. The van der Waals surface area contributed by atoms with E-state index in [2.05, 4.69) is 4.98 Å². The number of carbonyl (C=O) groups is 1. The van der Waals surface area contributed by atoms with E-state index in [-0.39, 0.29) is 11.3 Å². The third kappa shape index (κ3) is 1.97. The Bertz CT molecular complexity index is 408. The van der Waals surface area contributed by atoms with Gasteiger partial charge in [-0.25, -0.2) is 4.98 Å². The highest BCUT2D eigenvalue weighted by atomic mass is 35.5. The molecule has 1 saturated heterocycles. The van der Waals surface area contributed by atoms with E-state index in [4.69, 9.17) is 11.6 Å². The lowest BCUT2D eigenvalue weighted by Crippen LogP contribution is -2.27. The summed E-state index contributed by atoms with van der Waals surface area (Å²) in [7, 11) is 3.81. The molecule has 4 nitrogen and oxygen atoms in total. The largest absolute Gasteiger partial charge is 0.361 e. The molecular formula is C11H14ClN3O. The topological polar surface area (TPSA) is 36.4 Å². The quantitative estimate of drug-likeness (QED) is 0.734. The molecule has 0 spiro atoms. The fourth-order valence-electron chi connectivity index (χ4n) is 1.84. The third-order valence-corrected chi connectivity index (χ3v) is 2.85. The van der Waals surface area contributed by atoms with Crippen LogP contribution in [0.4, 0.5) is 11.5 Å². The first kappa shape index (κ1) is 11.2. The minimum atomic E-state index is -0.0947. The average Bonchev–Trinajstić information content (AvgIpc) is 2.57.